The highest BCUT2D eigenvalue weighted by Gasteiger charge is 2.09. The lowest BCUT2D eigenvalue weighted by Gasteiger charge is -2.22. The highest BCUT2D eigenvalue weighted by molar-refractivity contribution is 7.30. The SMILES string of the molecule is C=CC(=O)OCCCCCCCCCCCOc1ccc(/N=N/c2cc3sc(/N=N/c4ccc(N(CC)CCOC(=O)C=C)cc4)nc3s2)cc1. The molecule has 4 rings (SSSR count). The molecule has 0 N–H and O–H groups in total. The average molecular weight is 731 g/mol. The monoisotopic (exact) mass is 730 g/mol. The summed E-state index contributed by atoms with van der Waals surface area (Å²) in [6, 6.07) is 17.4. The van der Waals surface area contributed by atoms with E-state index in [2.05, 4.69) is 43.5 Å². The predicted molar refractivity (Wildman–Crippen MR) is 206 cm³/mol. The number of likely N-dealkylation sites (N-methyl/N-ethyl adjacent to an activating group) is 1. The van der Waals surface area contributed by atoms with Gasteiger partial charge in [0, 0.05) is 24.4 Å². The molecular formula is C38H46N6O5S2. The fourth-order valence-corrected chi connectivity index (χ4v) is 6.85. The molecule has 2 heterocycles. The van der Waals surface area contributed by atoms with Gasteiger partial charge >= 0.3 is 11.9 Å². The maximum atomic E-state index is 11.3. The first kappa shape index (κ1) is 39.0. The van der Waals surface area contributed by atoms with Gasteiger partial charge in [0.15, 0.2) is 0 Å². The molecule has 0 amide bonds. The molecule has 0 saturated heterocycles. The van der Waals surface area contributed by atoms with Gasteiger partial charge in [0.1, 0.15) is 22.2 Å². The lowest BCUT2D eigenvalue weighted by atomic mass is 10.1. The Hall–Kier alpha value is -4.75. The summed E-state index contributed by atoms with van der Waals surface area (Å²) >= 11 is 2.91. The summed E-state index contributed by atoms with van der Waals surface area (Å²) in [5.41, 5.74) is 2.48. The minimum Gasteiger partial charge on any atom is -0.494 e. The summed E-state index contributed by atoms with van der Waals surface area (Å²) in [6.45, 7) is 11.7. The number of fused-ring (bicyclic) bond motifs is 1. The second kappa shape index (κ2) is 22.1. The Kier molecular flexibility index (Phi) is 17.0. The van der Waals surface area contributed by atoms with E-state index in [0.717, 1.165) is 75.6 Å². The fraction of sp³-hybridized carbons (Fsp3) is 0.395. The summed E-state index contributed by atoms with van der Waals surface area (Å²) in [6.07, 6.45) is 12.7. The van der Waals surface area contributed by atoms with E-state index in [1.54, 1.807) is 0 Å². The van der Waals surface area contributed by atoms with Gasteiger partial charge in [-0.25, -0.2) is 14.6 Å². The third-order valence-electron chi connectivity index (χ3n) is 7.75. The van der Waals surface area contributed by atoms with Gasteiger partial charge in [0.2, 0.25) is 5.13 Å². The number of benzene rings is 2. The zero-order chi connectivity index (χ0) is 36.1. The van der Waals surface area contributed by atoms with Crippen molar-refractivity contribution in [3.63, 3.8) is 0 Å². The number of nitrogens with zero attached hydrogens (tertiary/aromatic N) is 6. The first-order valence-electron chi connectivity index (χ1n) is 17.4. The number of aromatic nitrogens is 1. The molecule has 0 aliphatic heterocycles. The number of ether oxygens (including phenoxy) is 3. The average Bonchev–Trinajstić information content (AvgIpc) is 3.73. The molecule has 270 valence electrons. The second-order valence-corrected chi connectivity index (χ2v) is 13.5. The topological polar surface area (TPSA) is 127 Å². The van der Waals surface area contributed by atoms with Crippen molar-refractivity contribution in [1.29, 1.82) is 0 Å². The number of esters is 2. The van der Waals surface area contributed by atoms with Crippen LogP contribution < -0.4 is 9.64 Å². The Morgan fingerprint density at radius 2 is 1.29 bits per heavy atom. The van der Waals surface area contributed by atoms with E-state index in [0.29, 0.717) is 31.5 Å². The van der Waals surface area contributed by atoms with E-state index in [1.807, 2.05) is 61.5 Å². The molecule has 51 heavy (non-hydrogen) atoms. The molecule has 0 unspecified atom stereocenters. The number of unbranched alkanes of at least 4 members (excludes halogenated alkanes) is 8. The quantitative estimate of drug-likeness (QED) is 0.0304. The summed E-state index contributed by atoms with van der Waals surface area (Å²) in [4.78, 5) is 29.8. The number of thiophene rings is 1. The van der Waals surface area contributed by atoms with Gasteiger partial charge in [-0.15, -0.1) is 20.5 Å². The molecule has 11 nitrogen and oxygen atoms in total. The van der Waals surface area contributed by atoms with E-state index in [-0.39, 0.29) is 5.97 Å². The Morgan fingerprint density at radius 1 is 0.725 bits per heavy atom. The van der Waals surface area contributed by atoms with Gasteiger partial charge in [-0.1, -0.05) is 80.8 Å². The second-order valence-electron chi connectivity index (χ2n) is 11.5. The number of anilines is 1. The van der Waals surface area contributed by atoms with Crippen molar-refractivity contribution >= 4 is 71.3 Å². The summed E-state index contributed by atoms with van der Waals surface area (Å²) in [7, 11) is 0. The maximum Gasteiger partial charge on any atom is 0.330 e. The van der Waals surface area contributed by atoms with Gasteiger partial charge in [-0.05, 0) is 74.4 Å². The number of hydrogen-bond donors (Lipinski definition) is 0. The van der Waals surface area contributed by atoms with Gasteiger partial charge in [-0.3, -0.25) is 0 Å². The van der Waals surface area contributed by atoms with Crippen molar-refractivity contribution in [1.82, 2.24) is 4.98 Å². The van der Waals surface area contributed by atoms with Crippen LogP contribution in [0.1, 0.15) is 64.7 Å². The molecule has 0 aliphatic rings. The molecule has 0 bridgehead atoms. The van der Waals surface area contributed by atoms with Crippen LogP contribution in [0.2, 0.25) is 0 Å². The first-order chi connectivity index (χ1) is 25.0. The van der Waals surface area contributed by atoms with Crippen LogP contribution in [-0.2, 0) is 19.1 Å². The van der Waals surface area contributed by atoms with Gasteiger partial charge in [-0.2, -0.15) is 0 Å². The molecule has 0 radical (unpaired) electrons. The fourth-order valence-electron chi connectivity index (χ4n) is 5.00. The lowest BCUT2D eigenvalue weighted by molar-refractivity contribution is -0.138. The van der Waals surface area contributed by atoms with Crippen molar-refractivity contribution in [3.8, 4) is 5.75 Å². The normalized spacial score (nSPS) is 11.3. The van der Waals surface area contributed by atoms with Crippen molar-refractivity contribution in [2.75, 3.05) is 37.8 Å². The third kappa shape index (κ3) is 14.2. The van der Waals surface area contributed by atoms with Crippen LogP contribution in [0.5, 0.6) is 5.75 Å². The number of rotatable bonds is 24. The van der Waals surface area contributed by atoms with Crippen LogP contribution >= 0.6 is 22.7 Å². The van der Waals surface area contributed by atoms with E-state index < -0.39 is 5.97 Å². The molecule has 0 spiro atoms. The predicted octanol–water partition coefficient (Wildman–Crippen LogP) is 11.4. The minimum atomic E-state index is -0.422. The van der Waals surface area contributed by atoms with Crippen molar-refractivity contribution < 1.29 is 23.8 Å². The Bertz CT molecular complexity index is 1700. The van der Waals surface area contributed by atoms with Gasteiger partial charge in [0.05, 0.1) is 35.8 Å². The number of carbonyl (C=O) groups is 2. The van der Waals surface area contributed by atoms with Crippen molar-refractivity contribution in [3.05, 3.63) is 79.9 Å². The smallest absolute Gasteiger partial charge is 0.330 e. The minimum absolute atomic E-state index is 0.291. The summed E-state index contributed by atoms with van der Waals surface area (Å²) < 4.78 is 17.0. The van der Waals surface area contributed by atoms with Crippen LogP contribution in [0.3, 0.4) is 0 Å². The summed E-state index contributed by atoms with van der Waals surface area (Å²) in [5, 5.41) is 18.8. The number of hydrogen-bond acceptors (Lipinski definition) is 13. The molecule has 0 saturated carbocycles. The van der Waals surface area contributed by atoms with Crippen LogP contribution in [0.15, 0.2) is 100 Å². The maximum absolute atomic E-state index is 11.3. The lowest BCUT2D eigenvalue weighted by Crippen LogP contribution is -2.27. The summed E-state index contributed by atoms with van der Waals surface area (Å²) in [5.74, 6) is 0.0692. The largest absolute Gasteiger partial charge is 0.494 e. The molecule has 4 aromatic rings. The molecule has 2 aromatic carbocycles. The number of carbonyl (C=O) groups excluding carboxylic acids is 2. The van der Waals surface area contributed by atoms with Crippen molar-refractivity contribution in [2.24, 2.45) is 20.5 Å². The molecule has 0 atom stereocenters. The zero-order valence-electron chi connectivity index (χ0n) is 29.2. The van der Waals surface area contributed by atoms with Gasteiger partial charge < -0.3 is 19.1 Å². The van der Waals surface area contributed by atoms with Crippen molar-refractivity contribution in [2.45, 2.75) is 64.7 Å². The highest BCUT2D eigenvalue weighted by atomic mass is 32.1. The Balaban J connectivity index is 1.11. The zero-order valence-corrected chi connectivity index (χ0v) is 30.8. The molecule has 0 aliphatic carbocycles. The van der Waals surface area contributed by atoms with E-state index in [1.165, 1.54) is 60.9 Å². The standard InChI is InChI=1S/C38H46N6O5S2/c1-4-35(45)48-26-15-13-11-9-7-8-10-12-14-25-47-32-22-18-30(19-23-32)40-42-34-28-33-37(51-34)39-38(50-33)43-41-29-16-20-31(21-17-29)44(6-3)24-27-49-36(46)5-2/h4-5,16-23,28H,1-2,6-15,24-27H2,3H3/b42-40+,43-41+. The van der Waals surface area contributed by atoms with E-state index in [9.17, 15) is 9.59 Å². The number of azo groups is 2. The Morgan fingerprint density at radius 3 is 1.90 bits per heavy atom. The molecule has 2 aromatic heterocycles. The van der Waals surface area contributed by atoms with Crippen LogP contribution in [0.25, 0.3) is 9.53 Å². The van der Waals surface area contributed by atoms with E-state index in [4.69, 9.17) is 14.2 Å². The third-order valence-corrected chi connectivity index (χ3v) is 9.68. The molecular weight excluding hydrogens is 685 g/mol. The van der Waals surface area contributed by atoms with Crippen LogP contribution in [-0.4, -0.2) is 49.8 Å². The van der Waals surface area contributed by atoms with Crippen LogP contribution in [0.4, 0.5) is 27.2 Å². The Labute approximate surface area is 307 Å². The number of thiazole rings is 1. The molecule has 0 fully saturated rings. The highest BCUT2D eigenvalue weighted by Crippen LogP contribution is 2.39. The first-order valence-corrected chi connectivity index (χ1v) is 19.0. The molecule has 13 heteroatoms. The van der Waals surface area contributed by atoms with Crippen LogP contribution in [0, 0.1) is 0 Å². The van der Waals surface area contributed by atoms with E-state index >= 15 is 0 Å². The van der Waals surface area contributed by atoms with Gasteiger partial charge in [0.25, 0.3) is 0 Å².